The van der Waals surface area contributed by atoms with Crippen molar-refractivity contribution >= 4 is 28.2 Å². The average Bonchev–Trinajstić information content (AvgIpc) is 3.21. The molecule has 0 spiro atoms. The van der Waals surface area contributed by atoms with Crippen molar-refractivity contribution < 1.29 is 5.11 Å². The highest BCUT2D eigenvalue weighted by Crippen LogP contribution is 2.28. The van der Waals surface area contributed by atoms with Gasteiger partial charge in [-0.15, -0.1) is 0 Å². The molecular formula is C20H20IN5O2. The smallest absolute Gasteiger partial charge is 0.274 e. The number of nitrogens with one attached hydrogen (secondary N) is 2. The number of nitrogens with zero attached hydrogens (tertiary/aromatic N) is 3. The van der Waals surface area contributed by atoms with E-state index in [0.717, 1.165) is 38.2 Å². The number of aliphatic hydroxyl groups is 1. The molecule has 0 unspecified atom stereocenters. The Morgan fingerprint density at radius 3 is 2.57 bits per heavy atom. The zero-order valence-electron chi connectivity index (χ0n) is 15.6. The van der Waals surface area contributed by atoms with E-state index in [1.54, 1.807) is 6.07 Å². The largest absolute Gasteiger partial charge is 0.390 e. The quantitative estimate of drug-likeness (QED) is 0.376. The first-order valence-electron chi connectivity index (χ1n) is 8.99. The number of aromatic amines is 2. The first kappa shape index (κ1) is 18.9. The molecule has 0 aliphatic carbocycles. The van der Waals surface area contributed by atoms with Crippen LogP contribution in [-0.4, -0.2) is 29.9 Å². The van der Waals surface area contributed by atoms with E-state index in [0.29, 0.717) is 17.8 Å². The lowest BCUT2D eigenvalue weighted by atomic mass is 10.1. The number of fused-ring (bicyclic) bond motifs is 1. The molecule has 0 aliphatic heterocycles. The molecule has 144 valence electrons. The Labute approximate surface area is 175 Å². The molecule has 0 radical (unpaired) electrons. The molecule has 3 heterocycles. The highest BCUT2D eigenvalue weighted by atomic mass is 127. The molecule has 0 bridgehead atoms. The van der Waals surface area contributed by atoms with Crippen molar-refractivity contribution in [1.29, 1.82) is 0 Å². The van der Waals surface area contributed by atoms with Gasteiger partial charge in [-0.2, -0.15) is 14.7 Å². The van der Waals surface area contributed by atoms with Gasteiger partial charge in [0.25, 0.3) is 5.56 Å². The molecule has 0 saturated carbocycles. The summed E-state index contributed by atoms with van der Waals surface area (Å²) in [5.74, 6) is 0. The second kappa shape index (κ2) is 7.51. The summed E-state index contributed by atoms with van der Waals surface area (Å²) in [5, 5.41) is 21.3. The van der Waals surface area contributed by atoms with Crippen LogP contribution in [0.5, 0.6) is 0 Å². The Kier molecular flexibility index (Phi) is 5.07. The molecule has 3 aromatic heterocycles. The second-order valence-electron chi connectivity index (χ2n) is 6.79. The fraction of sp³-hybridized carbons (Fsp3) is 0.250. The summed E-state index contributed by atoms with van der Waals surface area (Å²) >= 11 is 2.25. The molecule has 0 atom stereocenters. The number of aliphatic hydroxyl groups excluding tert-OH is 1. The van der Waals surface area contributed by atoms with Crippen LogP contribution in [0.2, 0.25) is 0 Å². The van der Waals surface area contributed by atoms with Gasteiger partial charge in [-0.05, 0) is 72.5 Å². The molecule has 7 nitrogen and oxygen atoms in total. The van der Waals surface area contributed by atoms with Gasteiger partial charge in [0.05, 0.1) is 23.6 Å². The van der Waals surface area contributed by atoms with Crippen LogP contribution in [0.3, 0.4) is 0 Å². The minimum absolute atomic E-state index is 0.212. The number of halogens is 1. The summed E-state index contributed by atoms with van der Waals surface area (Å²) in [7, 11) is 0. The van der Waals surface area contributed by atoms with Gasteiger partial charge in [-0.25, -0.2) is 0 Å². The van der Waals surface area contributed by atoms with E-state index in [1.165, 1.54) is 10.1 Å². The normalized spacial score (nSPS) is 11.4. The van der Waals surface area contributed by atoms with E-state index in [-0.39, 0.29) is 12.2 Å². The number of hydrogen-bond donors (Lipinski definition) is 3. The summed E-state index contributed by atoms with van der Waals surface area (Å²) in [6.45, 7) is 3.74. The van der Waals surface area contributed by atoms with E-state index in [1.807, 2.05) is 38.1 Å². The summed E-state index contributed by atoms with van der Waals surface area (Å²) < 4.78 is 2.44. The molecule has 0 aliphatic rings. The van der Waals surface area contributed by atoms with Gasteiger partial charge in [-0.1, -0.05) is 12.1 Å². The third-order valence-corrected chi connectivity index (χ3v) is 5.67. The van der Waals surface area contributed by atoms with Crippen molar-refractivity contribution in [1.82, 2.24) is 24.8 Å². The van der Waals surface area contributed by atoms with Gasteiger partial charge < -0.3 is 10.1 Å². The monoisotopic (exact) mass is 489 g/mol. The minimum atomic E-state index is -0.237. The first-order chi connectivity index (χ1) is 13.5. The molecule has 0 fully saturated rings. The van der Waals surface area contributed by atoms with Gasteiger partial charge in [-0.3, -0.25) is 9.89 Å². The molecular weight excluding hydrogens is 469 g/mol. The van der Waals surface area contributed by atoms with Gasteiger partial charge in [0, 0.05) is 21.0 Å². The number of H-pyrrole nitrogens is 2. The van der Waals surface area contributed by atoms with E-state index >= 15 is 0 Å². The Morgan fingerprint density at radius 1 is 1.18 bits per heavy atom. The number of aromatic nitrogens is 5. The Morgan fingerprint density at radius 2 is 1.93 bits per heavy atom. The van der Waals surface area contributed by atoms with Crippen LogP contribution in [0.15, 0.2) is 35.1 Å². The van der Waals surface area contributed by atoms with Crippen molar-refractivity contribution in [3.8, 4) is 11.1 Å². The van der Waals surface area contributed by atoms with Crippen LogP contribution in [0, 0.1) is 17.4 Å². The van der Waals surface area contributed by atoms with Crippen LogP contribution >= 0.6 is 22.6 Å². The number of hydrogen-bond acceptors (Lipinski definition) is 4. The van der Waals surface area contributed by atoms with Gasteiger partial charge in [0.15, 0.2) is 0 Å². The van der Waals surface area contributed by atoms with E-state index < -0.39 is 0 Å². The van der Waals surface area contributed by atoms with E-state index in [9.17, 15) is 9.90 Å². The van der Waals surface area contributed by atoms with Gasteiger partial charge in [0.2, 0.25) is 0 Å². The summed E-state index contributed by atoms with van der Waals surface area (Å²) in [6, 6.07) is 9.51. The fourth-order valence-electron chi connectivity index (χ4n) is 3.50. The van der Waals surface area contributed by atoms with Crippen molar-refractivity contribution in [2.45, 2.75) is 33.3 Å². The maximum Gasteiger partial charge on any atom is 0.274 e. The predicted molar refractivity (Wildman–Crippen MR) is 115 cm³/mol. The maximum absolute atomic E-state index is 12.6. The van der Waals surface area contributed by atoms with Crippen LogP contribution in [0.1, 0.15) is 28.3 Å². The zero-order chi connectivity index (χ0) is 19.8. The van der Waals surface area contributed by atoms with Crippen molar-refractivity contribution in [3.63, 3.8) is 0 Å². The van der Waals surface area contributed by atoms with Gasteiger partial charge >= 0.3 is 0 Å². The summed E-state index contributed by atoms with van der Waals surface area (Å²) in [4.78, 5) is 16.0. The molecule has 0 saturated heterocycles. The zero-order valence-corrected chi connectivity index (χ0v) is 17.7. The standard InChI is InChI=1S/C20H20IN5O2/c1-11-16(12(2)24-23-11)8-7-15-9-18(28)26-20(22-15)19(17(10-27)25-26)13-3-5-14(21)6-4-13/h3-6,9,22,27H,7-8,10H2,1-2H3,(H,23,24). The Hall–Kier alpha value is -2.46. The number of aryl methyl sites for hydroxylation is 3. The molecule has 4 aromatic rings. The predicted octanol–water partition coefficient (Wildman–Crippen LogP) is 2.91. The van der Waals surface area contributed by atoms with Crippen LogP contribution in [0.4, 0.5) is 0 Å². The van der Waals surface area contributed by atoms with E-state index in [2.05, 4.69) is 42.9 Å². The molecule has 0 amide bonds. The highest BCUT2D eigenvalue weighted by molar-refractivity contribution is 14.1. The van der Waals surface area contributed by atoms with Crippen molar-refractivity contribution in [2.24, 2.45) is 0 Å². The topological polar surface area (TPSA) is 99.1 Å². The molecule has 4 rings (SSSR count). The summed E-state index contributed by atoms with van der Waals surface area (Å²) in [5.41, 5.74) is 6.57. The lowest BCUT2D eigenvalue weighted by Crippen LogP contribution is -2.16. The Bertz CT molecular complexity index is 1180. The number of rotatable bonds is 5. The molecule has 1 aromatic carbocycles. The Balaban J connectivity index is 1.79. The minimum Gasteiger partial charge on any atom is -0.390 e. The van der Waals surface area contributed by atoms with Gasteiger partial charge in [0.1, 0.15) is 5.65 Å². The summed E-state index contributed by atoms with van der Waals surface area (Å²) in [6.07, 6.45) is 1.46. The lowest BCUT2D eigenvalue weighted by molar-refractivity contribution is 0.276. The maximum atomic E-state index is 12.6. The second-order valence-corrected chi connectivity index (χ2v) is 8.04. The SMILES string of the molecule is Cc1n[nH]c(C)c1CCc1cc(=O)n2nc(CO)c(-c3ccc(I)cc3)c2[nH]1. The molecule has 3 N–H and O–H groups in total. The van der Waals surface area contributed by atoms with Crippen molar-refractivity contribution in [3.05, 3.63) is 72.6 Å². The van der Waals surface area contributed by atoms with E-state index in [4.69, 9.17) is 0 Å². The fourth-order valence-corrected chi connectivity index (χ4v) is 3.86. The average molecular weight is 489 g/mol. The van der Waals surface area contributed by atoms with Crippen molar-refractivity contribution in [2.75, 3.05) is 0 Å². The highest BCUT2D eigenvalue weighted by Gasteiger charge is 2.17. The third-order valence-electron chi connectivity index (χ3n) is 4.95. The third kappa shape index (κ3) is 3.37. The van der Waals surface area contributed by atoms with Crippen LogP contribution in [-0.2, 0) is 19.4 Å². The molecule has 8 heteroatoms. The number of benzene rings is 1. The van der Waals surface area contributed by atoms with Crippen LogP contribution in [0.25, 0.3) is 16.8 Å². The lowest BCUT2D eigenvalue weighted by Gasteiger charge is -2.06. The van der Waals surface area contributed by atoms with Crippen LogP contribution < -0.4 is 5.56 Å². The molecule has 28 heavy (non-hydrogen) atoms. The first-order valence-corrected chi connectivity index (χ1v) is 10.1.